The van der Waals surface area contributed by atoms with Crippen LogP contribution in [0.4, 0.5) is 0 Å². The van der Waals surface area contributed by atoms with Crippen LogP contribution in [-0.2, 0) is 0 Å². The van der Waals surface area contributed by atoms with Crippen molar-refractivity contribution in [2.75, 3.05) is 20.1 Å². The molecule has 1 saturated carbocycles. The highest BCUT2D eigenvalue weighted by molar-refractivity contribution is 4.75. The van der Waals surface area contributed by atoms with E-state index in [0.29, 0.717) is 0 Å². The molecule has 0 spiro atoms. The van der Waals surface area contributed by atoms with Gasteiger partial charge >= 0.3 is 0 Å². The van der Waals surface area contributed by atoms with E-state index in [0.717, 1.165) is 18.8 Å². The van der Waals surface area contributed by atoms with Gasteiger partial charge in [-0.1, -0.05) is 0 Å². The minimum Gasteiger partial charge on any atom is -0.393 e. The fraction of sp³-hybridized carbons (Fsp3) is 1.00. The highest BCUT2D eigenvalue weighted by Crippen LogP contribution is 2.29. The molecule has 1 atom stereocenters. The molecule has 2 nitrogen and oxygen atoms in total. The lowest BCUT2D eigenvalue weighted by Crippen LogP contribution is -2.22. The van der Waals surface area contributed by atoms with E-state index in [1.54, 1.807) is 0 Å². The third-order valence-electron chi connectivity index (χ3n) is 2.68. The lowest BCUT2D eigenvalue weighted by atomic mass is 10.1. The average Bonchev–Trinajstić information content (AvgIpc) is 2.81. The van der Waals surface area contributed by atoms with Gasteiger partial charge in [-0.15, -0.1) is 0 Å². The summed E-state index contributed by atoms with van der Waals surface area (Å²) in [6.45, 7) is 4.35. The van der Waals surface area contributed by atoms with Crippen LogP contribution in [0.1, 0.15) is 39.0 Å². The number of nitrogens with zero attached hydrogens (tertiary/aromatic N) is 1. The first-order valence-corrected chi connectivity index (χ1v) is 5.55. The molecule has 1 fully saturated rings. The molecule has 13 heavy (non-hydrogen) atoms. The molecule has 1 unspecified atom stereocenters. The van der Waals surface area contributed by atoms with Crippen LogP contribution in [0.15, 0.2) is 0 Å². The predicted octanol–water partition coefficient (Wildman–Crippen LogP) is 1.88. The molecule has 0 heterocycles. The molecule has 0 aromatic carbocycles. The molecule has 0 aromatic rings. The normalized spacial score (nSPS) is 19.4. The molecule has 0 bridgehead atoms. The van der Waals surface area contributed by atoms with E-state index in [1.807, 2.05) is 6.92 Å². The zero-order chi connectivity index (χ0) is 9.68. The van der Waals surface area contributed by atoms with E-state index in [-0.39, 0.29) is 6.10 Å². The van der Waals surface area contributed by atoms with E-state index in [9.17, 15) is 0 Å². The summed E-state index contributed by atoms with van der Waals surface area (Å²) in [6, 6.07) is 0. The van der Waals surface area contributed by atoms with Gasteiger partial charge in [0, 0.05) is 6.54 Å². The zero-order valence-corrected chi connectivity index (χ0v) is 9.00. The van der Waals surface area contributed by atoms with Gasteiger partial charge in [-0.05, 0) is 58.5 Å². The Labute approximate surface area is 81.9 Å². The summed E-state index contributed by atoms with van der Waals surface area (Å²) in [4.78, 5) is 2.43. The van der Waals surface area contributed by atoms with Crippen molar-refractivity contribution in [3.63, 3.8) is 0 Å². The number of rotatable bonds is 7. The van der Waals surface area contributed by atoms with Gasteiger partial charge in [-0.3, -0.25) is 0 Å². The lowest BCUT2D eigenvalue weighted by Gasteiger charge is -2.15. The Bertz CT molecular complexity index is 132. The highest BCUT2D eigenvalue weighted by atomic mass is 16.3. The van der Waals surface area contributed by atoms with Crippen molar-refractivity contribution in [1.29, 1.82) is 0 Å². The molecule has 1 aliphatic carbocycles. The van der Waals surface area contributed by atoms with Crippen molar-refractivity contribution in [1.82, 2.24) is 4.90 Å². The van der Waals surface area contributed by atoms with Crippen LogP contribution in [0.25, 0.3) is 0 Å². The minimum atomic E-state index is -0.117. The molecular formula is C11H23NO. The highest BCUT2D eigenvalue weighted by Gasteiger charge is 2.22. The number of hydrogen-bond donors (Lipinski definition) is 1. The van der Waals surface area contributed by atoms with Crippen LogP contribution < -0.4 is 0 Å². The molecule has 0 saturated heterocycles. The summed E-state index contributed by atoms with van der Waals surface area (Å²) >= 11 is 0. The summed E-state index contributed by atoms with van der Waals surface area (Å²) in [5.41, 5.74) is 0. The Morgan fingerprint density at radius 3 is 2.62 bits per heavy atom. The molecule has 1 N–H and O–H groups in total. The quantitative estimate of drug-likeness (QED) is 0.612. The first-order chi connectivity index (χ1) is 6.18. The molecule has 1 aliphatic rings. The van der Waals surface area contributed by atoms with E-state index in [1.165, 1.54) is 32.4 Å². The second-order valence-corrected chi connectivity index (χ2v) is 4.55. The van der Waals surface area contributed by atoms with E-state index >= 15 is 0 Å². The van der Waals surface area contributed by atoms with Gasteiger partial charge in [0.05, 0.1) is 6.10 Å². The van der Waals surface area contributed by atoms with E-state index in [2.05, 4.69) is 11.9 Å². The van der Waals surface area contributed by atoms with E-state index < -0.39 is 0 Å². The van der Waals surface area contributed by atoms with Crippen molar-refractivity contribution < 1.29 is 5.11 Å². The standard InChI is InChI=1S/C11H23NO/c1-10(13)5-3-4-8-12(2)9-11-6-7-11/h10-11,13H,3-9H2,1-2H3. The molecule has 0 radical (unpaired) electrons. The molecule has 0 amide bonds. The van der Waals surface area contributed by atoms with Crippen molar-refractivity contribution in [3.8, 4) is 0 Å². The van der Waals surface area contributed by atoms with Crippen LogP contribution in [0.2, 0.25) is 0 Å². The zero-order valence-electron chi connectivity index (χ0n) is 9.00. The fourth-order valence-electron chi connectivity index (χ4n) is 1.65. The van der Waals surface area contributed by atoms with Gasteiger partial charge in [-0.25, -0.2) is 0 Å². The smallest absolute Gasteiger partial charge is 0.0512 e. The van der Waals surface area contributed by atoms with Crippen LogP contribution in [0, 0.1) is 5.92 Å². The third kappa shape index (κ3) is 6.05. The van der Waals surface area contributed by atoms with Gasteiger partial charge in [-0.2, -0.15) is 0 Å². The second-order valence-electron chi connectivity index (χ2n) is 4.55. The van der Waals surface area contributed by atoms with Crippen LogP contribution in [0.3, 0.4) is 0 Å². The largest absolute Gasteiger partial charge is 0.393 e. The van der Waals surface area contributed by atoms with Crippen molar-refractivity contribution in [2.24, 2.45) is 5.92 Å². The summed E-state index contributed by atoms with van der Waals surface area (Å²) < 4.78 is 0. The van der Waals surface area contributed by atoms with Gasteiger partial charge in [0.25, 0.3) is 0 Å². The first kappa shape index (κ1) is 11.0. The van der Waals surface area contributed by atoms with Crippen LogP contribution in [0.5, 0.6) is 0 Å². The Hall–Kier alpha value is -0.0800. The summed E-state index contributed by atoms with van der Waals surface area (Å²) in [5.74, 6) is 1.00. The Kier molecular flexibility index (Phi) is 4.74. The summed E-state index contributed by atoms with van der Waals surface area (Å²) in [6.07, 6.45) is 6.11. The molecule has 2 heteroatoms. The molecule has 0 aromatic heterocycles. The summed E-state index contributed by atoms with van der Waals surface area (Å²) in [7, 11) is 2.21. The van der Waals surface area contributed by atoms with Crippen molar-refractivity contribution >= 4 is 0 Å². The van der Waals surface area contributed by atoms with Crippen LogP contribution >= 0.6 is 0 Å². The van der Waals surface area contributed by atoms with Gasteiger partial charge in [0.1, 0.15) is 0 Å². The van der Waals surface area contributed by atoms with Crippen molar-refractivity contribution in [3.05, 3.63) is 0 Å². The maximum atomic E-state index is 9.06. The number of aliphatic hydroxyl groups excluding tert-OH is 1. The monoisotopic (exact) mass is 185 g/mol. The van der Waals surface area contributed by atoms with Gasteiger partial charge in [0.2, 0.25) is 0 Å². The first-order valence-electron chi connectivity index (χ1n) is 5.55. The lowest BCUT2D eigenvalue weighted by molar-refractivity contribution is 0.178. The fourth-order valence-corrected chi connectivity index (χ4v) is 1.65. The number of aliphatic hydroxyl groups is 1. The molecular weight excluding hydrogens is 162 g/mol. The van der Waals surface area contributed by atoms with Crippen LogP contribution in [-0.4, -0.2) is 36.2 Å². The predicted molar refractivity (Wildman–Crippen MR) is 55.8 cm³/mol. The molecule has 0 aliphatic heterocycles. The minimum absolute atomic E-state index is 0.117. The Balaban J connectivity index is 1.85. The second kappa shape index (κ2) is 5.61. The molecule has 1 rings (SSSR count). The maximum Gasteiger partial charge on any atom is 0.0512 e. The van der Waals surface area contributed by atoms with Crippen molar-refractivity contribution in [2.45, 2.75) is 45.1 Å². The topological polar surface area (TPSA) is 23.5 Å². The molecule has 78 valence electrons. The Morgan fingerprint density at radius 2 is 2.08 bits per heavy atom. The average molecular weight is 185 g/mol. The SMILES string of the molecule is CC(O)CCCCN(C)CC1CC1. The summed E-state index contributed by atoms with van der Waals surface area (Å²) in [5, 5.41) is 9.06. The van der Waals surface area contributed by atoms with E-state index in [4.69, 9.17) is 5.11 Å². The number of unbranched alkanes of at least 4 members (excludes halogenated alkanes) is 1. The Morgan fingerprint density at radius 1 is 1.38 bits per heavy atom. The van der Waals surface area contributed by atoms with Gasteiger partial charge in [0.15, 0.2) is 0 Å². The van der Waals surface area contributed by atoms with Gasteiger partial charge < -0.3 is 10.0 Å². The third-order valence-corrected chi connectivity index (χ3v) is 2.68. The maximum absolute atomic E-state index is 9.06. The number of hydrogen-bond acceptors (Lipinski definition) is 2.